The standard InChI is InChI=1S/C61H106N20O23S/c1-11-27(4)45(80-59(102)46(32(9)84)81-55(98)34(13-12-19-67-61(65)66)74-48(91)30(7)72-56(99)38(21-26(2)3)77-51(94)33(62)22-42(64)86)58(101)78-39(24-82)57(100)76-36(15-17-44(88)89)53(96)69-28(5)47(90)68-23-43(87)73-35(14-16-41(63)85)52(95)70-29(6)49(92)75-37(18-20-105-10)54(97)71-31(8)50(93)79-40(25-83)60(103)104/h26-40,45-46,82-84H,11-25,62H2,1-10H3,(H2,63,85)(H2,64,86)(H,68,90)(H,69,96)(H,70,95)(H,71,97)(H,72,99)(H,73,87)(H,74,91)(H,75,92)(H,76,100)(H,77,94)(H,78,101)(H,79,93)(H,80,102)(H,81,98)(H,88,89)(H,103,104)(H4,65,66,67)/t27-,28-,29-,30-,31-,32+,33-,34-,35-,36-,37-,38-,39-,40-,45-,46-/m0/s1. The van der Waals surface area contributed by atoms with Gasteiger partial charge in [-0.3, -0.25) is 86.5 Å². The van der Waals surface area contributed by atoms with Crippen LogP contribution in [0.2, 0.25) is 0 Å². The summed E-state index contributed by atoms with van der Waals surface area (Å²) in [5.41, 5.74) is 27.1. The van der Waals surface area contributed by atoms with Gasteiger partial charge in [0.15, 0.2) is 5.96 Å². The van der Waals surface area contributed by atoms with E-state index in [4.69, 9.17) is 33.8 Å². The predicted molar refractivity (Wildman–Crippen MR) is 373 cm³/mol. The van der Waals surface area contributed by atoms with Crippen LogP contribution >= 0.6 is 11.8 Å². The van der Waals surface area contributed by atoms with Crippen LogP contribution in [0, 0.1) is 11.8 Å². The Morgan fingerprint density at radius 1 is 0.438 bits per heavy atom. The molecule has 0 aromatic carbocycles. The lowest BCUT2D eigenvalue weighted by atomic mass is 9.97. The smallest absolute Gasteiger partial charge is 0.328 e. The first kappa shape index (κ1) is 94.9. The summed E-state index contributed by atoms with van der Waals surface area (Å²) in [7, 11) is 0. The highest BCUT2D eigenvalue weighted by Gasteiger charge is 2.38. The molecule has 43 nitrogen and oxygen atoms in total. The van der Waals surface area contributed by atoms with Crippen LogP contribution in [0.3, 0.4) is 0 Å². The van der Waals surface area contributed by atoms with Crippen LogP contribution in [0.15, 0.2) is 4.99 Å². The molecule has 0 aliphatic heterocycles. The fraction of sp³-hybridized carbons (Fsp3) is 0.689. The number of primary amides is 2. The number of hydrogen-bond donors (Lipinski definition) is 24. The number of carbonyl (C=O) groups is 18. The Hall–Kier alpha value is -10.1. The summed E-state index contributed by atoms with van der Waals surface area (Å²) in [6, 6.07) is -21.8. The van der Waals surface area contributed by atoms with E-state index >= 15 is 0 Å². The van der Waals surface area contributed by atoms with Crippen molar-refractivity contribution in [3.05, 3.63) is 0 Å². The molecule has 0 heterocycles. The number of amides is 16. The molecule has 105 heavy (non-hydrogen) atoms. The van der Waals surface area contributed by atoms with Crippen LogP contribution < -0.4 is 103 Å². The van der Waals surface area contributed by atoms with Gasteiger partial charge in [0, 0.05) is 19.4 Å². The first-order chi connectivity index (χ1) is 48.9. The summed E-state index contributed by atoms with van der Waals surface area (Å²) in [4.78, 5) is 238. The fourth-order valence-corrected chi connectivity index (χ4v) is 9.62. The van der Waals surface area contributed by atoms with E-state index in [0.717, 1.165) is 13.8 Å². The molecule has 0 spiro atoms. The van der Waals surface area contributed by atoms with Crippen molar-refractivity contribution in [2.24, 2.45) is 45.5 Å². The topological polar surface area (TPSA) is 719 Å². The molecule has 0 saturated carbocycles. The van der Waals surface area contributed by atoms with Crippen molar-refractivity contribution in [3.8, 4) is 0 Å². The Labute approximate surface area is 609 Å². The van der Waals surface area contributed by atoms with E-state index in [1.54, 1.807) is 27.0 Å². The maximum absolute atomic E-state index is 14.1. The highest BCUT2D eigenvalue weighted by atomic mass is 32.2. The molecule has 44 heteroatoms. The van der Waals surface area contributed by atoms with Gasteiger partial charge < -0.3 is 129 Å². The normalized spacial score (nSPS) is 15.6. The molecule has 594 valence electrons. The van der Waals surface area contributed by atoms with Crippen LogP contribution in [0.4, 0.5) is 0 Å². The molecule has 0 aliphatic carbocycles. The maximum Gasteiger partial charge on any atom is 0.328 e. The van der Waals surface area contributed by atoms with Gasteiger partial charge in [-0.05, 0) is 97.0 Å². The van der Waals surface area contributed by atoms with Gasteiger partial charge in [0.25, 0.3) is 0 Å². The lowest BCUT2D eigenvalue weighted by Crippen LogP contribution is -2.63. The van der Waals surface area contributed by atoms with Gasteiger partial charge in [0.05, 0.1) is 38.3 Å². The molecule has 0 saturated heterocycles. The SMILES string of the molecule is CC[C@H](C)[C@H](NC(=O)[C@@H](NC(=O)[C@H](CCCN=C(N)N)NC(=O)[C@H](C)NC(=O)[C@H](CC(C)C)NC(=O)[C@@H](N)CC(N)=O)[C@@H](C)O)C(=O)N[C@@H](CO)C(=O)N[C@@H](CCC(=O)O)C(=O)N[C@@H](C)C(=O)NCC(=O)N[C@@H](CCC(N)=O)C(=O)N[C@@H](C)C(=O)N[C@@H](CCSC)C(=O)N[C@@H](C)C(=O)N[C@@H](CO)C(=O)O. The molecule has 0 aliphatic rings. The third-order valence-corrected chi connectivity index (χ3v) is 16.1. The Bertz CT molecular complexity index is 3070. The van der Waals surface area contributed by atoms with Crippen molar-refractivity contribution < 1.29 is 112 Å². The first-order valence-corrected chi connectivity index (χ1v) is 34.8. The first-order valence-electron chi connectivity index (χ1n) is 33.4. The summed E-state index contributed by atoms with van der Waals surface area (Å²) in [6.45, 7) is 9.33. The zero-order valence-corrected chi connectivity index (χ0v) is 61.1. The Balaban J connectivity index is 6.38. The highest BCUT2D eigenvalue weighted by molar-refractivity contribution is 7.98. The lowest BCUT2D eigenvalue weighted by molar-refractivity contribution is -0.143. The fourth-order valence-electron chi connectivity index (χ4n) is 9.15. The molecule has 0 unspecified atom stereocenters. The Morgan fingerprint density at radius 2 is 0.838 bits per heavy atom. The number of aliphatic hydroxyl groups is 3. The van der Waals surface area contributed by atoms with Crippen LogP contribution in [0.1, 0.15) is 127 Å². The average molecular weight is 1520 g/mol. The number of aliphatic hydroxyl groups excluding tert-OH is 3. The van der Waals surface area contributed by atoms with Crippen LogP contribution in [-0.4, -0.2) is 267 Å². The minimum atomic E-state index is -1.95. The number of aliphatic imine (C=N–C) groups is 1. The number of carbonyl (C=O) groups excluding carboxylic acids is 16. The van der Waals surface area contributed by atoms with E-state index in [2.05, 4.69) is 74.1 Å². The largest absolute Gasteiger partial charge is 0.481 e. The van der Waals surface area contributed by atoms with Gasteiger partial charge in [0.1, 0.15) is 78.5 Å². The van der Waals surface area contributed by atoms with Gasteiger partial charge in [-0.15, -0.1) is 0 Å². The van der Waals surface area contributed by atoms with E-state index in [9.17, 15) is 107 Å². The highest BCUT2D eigenvalue weighted by Crippen LogP contribution is 2.13. The van der Waals surface area contributed by atoms with Crippen molar-refractivity contribution in [2.45, 2.75) is 217 Å². The number of thioether (sulfide) groups is 1. The monoisotopic (exact) mass is 1520 g/mol. The predicted octanol–water partition coefficient (Wildman–Crippen LogP) is -10.8. The van der Waals surface area contributed by atoms with Crippen LogP contribution in [-0.2, 0) is 86.3 Å². The van der Waals surface area contributed by atoms with Crippen LogP contribution in [0.5, 0.6) is 0 Å². The molecule has 29 N–H and O–H groups in total. The second kappa shape index (κ2) is 48.8. The molecule has 0 aromatic heterocycles. The molecule has 0 aromatic rings. The minimum absolute atomic E-state index is 0.00226. The molecule has 0 bridgehead atoms. The van der Waals surface area contributed by atoms with Gasteiger partial charge in [-0.25, -0.2) is 4.79 Å². The van der Waals surface area contributed by atoms with E-state index < -0.39 is 255 Å². The van der Waals surface area contributed by atoms with Crippen molar-refractivity contribution in [3.63, 3.8) is 0 Å². The maximum atomic E-state index is 14.1. The lowest BCUT2D eigenvalue weighted by Gasteiger charge is -2.30. The third kappa shape index (κ3) is 37.3. The number of aliphatic carboxylic acids is 2. The average Bonchev–Trinajstić information content (AvgIpc) is 0.852. The number of nitrogens with one attached hydrogen (secondary N) is 14. The van der Waals surface area contributed by atoms with E-state index in [1.165, 1.54) is 39.5 Å². The quantitative estimate of drug-likeness (QED) is 0.0153. The number of nitrogens with zero attached hydrogens (tertiary/aromatic N) is 1. The molecule has 0 radical (unpaired) electrons. The second-order valence-corrected chi connectivity index (χ2v) is 26.0. The zero-order chi connectivity index (χ0) is 80.7. The molecule has 0 fully saturated rings. The number of carboxylic acid groups (broad SMARTS) is 2. The summed E-state index contributed by atoms with van der Waals surface area (Å²) in [5, 5.41) is 81.5. The zero-order valence-electron chi connectivity index (χ0n) is 60.2. The Morgan fingerprint density at radius 3 is 1.28 bits per heavy atom. The van der Waals surface area contributed by atoms with Crippen LogP contribution in [0.25, 0.3) is 0 Å². The van der Waals surface area contributed by atoms with Crippen molar-refractivity contribution in [1.82, 2.24) is 74.4 Å². The summed E-state index contributed by atoms with van der Waals surface area (Å²) >= 11 is 1.29. The van der Waals surface area contributed by atoms with Crippen molar-refractivity contribution in [2.75, 3.05) is 38.3 Å². The summed E-state index contributed by atoms with van der Waals surface area (Å²) in [6.07, 6.45) is -2.92. The van der Waals surface area contributed by atoms with Crippen molar-refractivity contribution >= 4 is 124 Å². The number of hydrogen-bond acceptors (Lipinski definition) is 24. The number of rotatable bonds is 51. The minimum Gasteiger partial charge on any atom is -0.481 e. The van der Waals surface area contributed by atoms with Gasteiger partial charge in [-0.2, -0.15) is 11.8 Å². The number of carboxylic acids is 2. The number of guanidine groups is 1. The second-order valence-electron chi connectivity index (χ2n) is 25.0. The van der Waals surface area contributed by atoms with Gasteiger partial charge in [-0.1, -0.05) is 34.1 Å². The van der Waals surface area contributed by atoms with Crippen molar-refractivity contribution in [1.29, 1.82) is 0 Å². The summed E-state index contributed by atoms with van der Waals surface area (Å²) in [5.74, 6) is -20.4. The molecule has 16 atom stereocenters. The van der Waals surface area contributed by atoms with Gasteiger partial charge >= 0.3 is 11.9 Å². The summed E-state index contributed by atoms with van der Waals surface area (Å²) < 4.78 is 0. The molecular formula is C61H106N20O23S. The van der Waals surface area contributed by atoms with E-state index in [0.29, 0.717) is 5.75 Å². The molecular weight excluding hydrogens is 1410 g/mol. The van der Waals surface area contributed by atoms with Gasteiger partial charge in [0.2, 0.25) is 94.5 Å². The Kier molecular flexibility index (Phi) is 44.1. The molecule has 0 rings (SSSR count). The van der Waals surface area contributed by atoms with E-state index in [1.807, 2.05) is 5.32 Å². The van der Waals surface area contributed by atoms with E-state index in [-0.39, 0.29) is 50.5 Å². The molecule has 16 amide bonds. The number of nitrogens with two attached hydrogens (primary N) is 5. The third-order valence-electron chi connectivity index (χ3n) is 15.4.